The second kappa shape index (κ2) is 4.66. The highest BCUT2D eigenvalue weighted by Crippen LogP contribution is 2.21. The highest BCUT2D eigenvalue weighted by molar-refractivity contribution is 5.82. The molecule has 1 atom stereocenters. The average Bonchev–Trinajstić information content (AvgIpc) is 2.02. The first-order valence-corrected chi connectivity index (χ1v) is 4.84. The van der Waals surface area contributed by atoms with Crippen molar-refractivity contribution >= 4 is 5.84 Å². The number of hydrogen-bond donors (Lipinski definition) is 1. The third kappa shape index (κ3) is 4.48. The molecule has 82 valence electrons. The summed E-state index contributed by atoms with van der Waals surface area (Å²) in [7, 11) is 0. The molecule has 0 radical (unpaired) electrons. The molecule has 14 heavy (non-hydrogen) atoms. The minimum atomic E-state index is -4.10. The molecule has 0 aromatic heterocycles. The lowest BCUT2D eigenvalue weighted by atomic mass is 10.1. The molecule has 0 bridgehead atoms. The van der Waals surface area contributed by atoms with E-state index in [4.69, 9.17) is 0 Å². The summed E-state index contributed by atoms with van der Waals surface area (Å²) in [5.74, 6) is 0.730. The molecule has 0 amide bonds. The molecule has 1 unspecified atom stereocenters. The molecule has 1 aliphatic heterocycles. The Morgan fingerprint density at radius 3 is 2.64 bits per heavy atom. The first kappa shape index (κ1) is 11.3. The molecule has 2 nitrogen and oxygen atoms in total. The number of nitrogens with one attached hydrogen (secondary N) is 1. The predicted molar refractivity (Wildman–Crippen MR) is 49.4 cm³/mol. The fourth-order valence-electron chi connectivity index (χ4n) is 1.50. The van der Waals surface area contributed by atoms with E-state index in [1.54, 1.807) is 0 Å². The first-order chi connectivity index (χ1) is 6.47. The summed E-state index contributed by atoms with van der Waals surface area (Å²) in [6, 6.07) is -0.577. The van der Waals surface area contributed by atoms with Gasteiger partial charge in [0, 0.05) is 19.0 Å². The van der Waals surface area contributed by atoms with Crippen molar-refractivity contribution in [1.29, 1.82) is 0 Å². The average molecular weight is 208 g/mol. The van der Waals surface area contributed by atoms with Gasteiger partial charge in [-0.2, -0.15) is 13.2 Å². The van der Waals surface area contributed by atoms with Gasteiger partial charge in [-0.3, -0.25) is 4.99 Å². The molecule has 0 aliphatic carbocycles. The summed E-state index contributed by atoms with van der Waals surface area (Å²) in [5, 5.41) is 2.81. The quantitative estimate of drug-likeness (QED) is 0.740. The summed E-state index contributed by atoms with van der Waals surface area (Å²) in [6.07, 6.45) is -2.06. The maximum absolute atomic E-state index is 12.0. The van der Waals surface area contributed by atoms with E-state index in [1.165, 1.54) is 6.92 Å². The van der Waals surface area contributed by atoms with Crippen LogP contribution in [-0.4, -0.2) is 24.6 Å². The van der Waals surface area contributed by atoms with Gasteiger partial charge in [0.15, 0.2) is 0 Å². The molecule has 0 fully saturated rings. The van der Waals surface area contributed by atoms with Gasteiger partial charge in [0.2, 0.25) is 0 Å². The highest BCUT2D eigenvalue weighted by atomic mass is 19.4. The van der Waals surface area contributed by atoms with E-state index < -0.39 is 18.6 Å². The largest absolute Gasteiger partial charge is 0.391 e. The van der Waals surface area contributed by atoms with Gasteiger partial charge in [-0.15, -0.1) is 0 Å². The fraction of sp³-hybridized carbons (Fsp3) is 0.889. The van der Waals surface area contributed by atoms with E-state index in [-0.39, 0.29) is 0 Å². The Labute approximate surface area is 81.6 Å². The van der Waals surface area contributed by atoms with Crippen molar-refractivity contribution in [2.24, 2.45) is 4.99 Å². The highest BCUT2D eigenvalue weighted by Gasteiger charge is 2.30. The molecule has 0 aromatic rings. The molecule has 1 heterocycles. The Hall–Kier alpha value is -0.740. The molecule has 0 spiro atoms. The minimum absolute atomic E-state index is 0.577. The van der Waals surface area contributed by atoms with Crippen LogP contribution in [-0.2, 0) is 0 Å². The van der Waals surface area contributed by atoms with E-state index in [0.29, 0.717) is 0 Å². The summed E-state index contributed by atoms with van der Waals surface area (Å²) < 4.78 is 35.9. The van der Waals surface area contributed by atoms with Gasteiger partial charge in [0.05, 0.1) is 12.3 Å². The van der Waals surface area contributed by atoms with Crippen LogP contribution >= 0.6 is 0 Å². The van der Waals surface area contributed by atoms with Crippen LogP contribution in [0.25, 0.3) is 0 Å². The maximum Gasteiger partial charge on any atom is 0.391 e. The van der Waals surface area contributed by atoms with Crippen molar-refractivity contribution in [2.75, 3.05) is 6.54 Å². The minimum Gasteiger partial charge on any atom is -0.371 e. The first-order valence-electron chi connectivity index (χ1n) is 4.84. The molecular weight excluding hydrogens is 193 g/mol. The lowest BCUT2D eigenvalue weighted by Gasteiger charge is -2.20. The smallest absolute Gasteiger partial charge is 0.371 e. The molecule has 0 saturated heterocycles. The Bertz CT molecular complexity index is 211. The zero-order valence-corrected chi connectivity index (χ0v) is 8.19. The molecule has 1 aliphatic rings. The SMILES string of the molecule is CC(CC(F)(F)F)NC1=NCCCC1. The zero-order valence-electron chi connectivity index (χ0n) is 8.19. The van der Waals surface area contributed by atoms with Crippen molar-refractivity contribution in [3.8, 4) is 0 Å². The van der Waals surface area contributed by atoms with Gasteiger partial charge < -0.3 is 5.32 Å². The van der Waals surface area contributed by atoms with Crippen molar-refractivity contribution in [2.45, 2.75) is 44.8 Å². The third-order valence-corrected chi connectivity index (χ3v) is 2.08. The van der Waals surface area contributed by atoms with Crippen LogP contribution in [0.4, 0.5) is 13.2 Å². The van der Waals surface area contributed by atoms with Crippen LogP contribution in [0, 0.1) is 0 Å². The maximum atomic E-state index is 12.0. The molecule has 1 rings (SSSR count). The fourth-order valence-corrected chi connectivity index (χ4v) is 1.50. The monoisotopic (exact) mass is 208 g/mol. The van der Waals surface area contributed by atoms with Gasteiger partial charge in [-0.1, -0.05) is 0 Å². The molecule has 5 heteroatoms. The lowest BCUT2D eigenvalue weighted by molar-refractivity contribution is -0.138. The van der Waals surface area contributed by atoms with E-state index >= 15 is 0 Å². The Morgan fingerprint density at radius 1 is 1.43 bits per heavy atom. The summed E-state index contributed by atoms with van der Waals surface area (Å²) >= 11 is 0. The van der Waals surface area contributed by atoms with E-state index in [9.17, 15) is 13.2 Å². The molecular formula is C9H15F3N2. The molecule has 0 aromatic carbocycles. The van der Waals surface area contributed by atoms with Crippen molar-refractivity contribution in [3.05, 3.63) is 0 Å². The Kier molecular flexibility index (Phi) is 3.77. The van der Waals surface area contributed by atoms with Crippen LogP contribution in [0.2, 0.25) is 0 Å². The van der Waals surface area contributed by atoms with Crippen LogP contribution < -0.4 is 5.32 Å². The third-order valence-electron chi connectivity index (χ3n) is 2.08. The van der Waals surface area contributed by atoms with Gasteiger partial charge in [0.25, 0.3) is 0 Å². The number of hydrogen-bond acceptors (Lipinski definition) is 2. The van der Waals surface area contributed by atoms with E-state index in [2.05, 4.69) is 10.3 Å². The topological polar surface area (TPSA) is 24.4 Å². The lowest BCUT2D eigenvalue weighted by Crippen LogP contribution is -2.36. The Morgan fingerprint density at radius 2 is 2.14 bits per heavy atom. The number of rotatable bonds is 2. The van der Waals surface area contributed by atoms with Crippen LogP contribution in [0.15, 0.2) is 4.99 Å². The number of aliphatic imine (C=N–C) groups is 1. The standard InChI is InChI=1S/C9H15F3N2/c1-7(6-9(10,11)12)14-8-4-2-3-5-13-8/h7H,2-6H2,1H3,(H,13,14). The zero-order chi connectivity index (χ0) is 10.6. The van der Waals surface area contributed by atoms with Crippen molar-refractivity contribution in [3.63, 3.8) is 0 Å². The number of nitrogens with zero attached hydrogens (tertiary/aromatic N) is 1. The van der Waals surface area contributed by atoms with Crippen LogP contribution in [0.1, 0.15) is 32.6 Å². The Balaban J connectivity index is 2.32. The second-order valence-electron chi connectivity index (χ2n) is 3.65. The predicted octanol–water partition coefficient (Wildman–Crippen LogP) is 2.50. The van der Waals surface area contributed by atoms with Crippen LogP contribution in [0.3, 0.4) is 0 Å². The molecule has 0 saturated carbocycles. The summed E-state index contributed by atoms with van der Waals surface area (Å²) in [6.45, 7) is 2.27. The number of alkyl halides is 3. The van der Waals surface area contributed by atoms with Crippen molar-refractivity contribution < 1.29 is 13.2 Å². The van der Waals surface area contributed by atoms with Crippen molar-refractivity contribution in [1.82, 2.24) is 5.32 Å². The summed E-state index contributed by atoms with van der Waals surface area (Å²) in [5.41, 5.74) is 0. The molecule has 1 N–H and O–H groups in total. The number of amidine groups is 1. The van der Waals surface area contributed by atoms with Crippen LogP contribution in [0.5, 0.6) is 0 Å². The van der Waals surface area contributed by atoms with Gasteiger partial charge in [-0.25, -0.2) is 0 Å². The second-order valence-corrected chi connectivity index (χ2v) is 3.65. The normalized spacial score (nSPS) is 20.1. The van der Waals surface area contributed by atoms with E-state index in [0.717, 1.165) is 31.6 Å². The summed E-state index contributed by atoms with van der Waals surface area (Å²) in [4.78, 5) is 4.14. The van der Waals surface area contributed by atoms with Gasteiger partial charge in [-0.05, 0) is 19.8 Å². The van der Waals surface area contributed by atoms with Gasteiger partial charge >= 0.3 is 6.18 Å². The van der Waals surface area contributed by atoms with Gasteiger partial charge in [0.1, 0.15) is 0 Å². The number of halogens is 3. The van der Waals surface area contributed by atoms with E-state index in [1.807, 2.05) is 0 Å².